The highest BCUT2D eigenvalue weighted by molar-refractivity contribution is 5.87. The molecule has 0 aromatic heterocycles. The van der Waals surface area contributed by atoms with E-state index in [4.69, 9.17) is 43.7 Å². The Morgan fingerprint density at radius 2 is 1.41 bits per heavy atom. The molecule has 0 radical (unpaired) electrons. The summed E-state index contributed by atoms with van der Waals surface area (Å²) in [5.74, 6) is -1.49. The molecule has 3 heterocycles. The quantitative estimate of drug-likeness (QED) is 0.0713. The highest BCUT2D eigenvalue weighted by atomic mass is 16.7. The Kier molecular flexibility index (Phi) is 15.5. The third-order valence-corrected chi connectivity index (χ3v) is 9.24. The number of hydrogen-bond acceptors (Lipinski definition) is 18. The molecule has 302 valence electrons. The van der Waals surface area contributed by atoms with Gasteiger partial charge < -0.3 is 84.6 Å². The normalized spacial score (nSPS) is 35.6. The van der Waals surface area contributed by atoms with Crippen LogP contribution in [0.3, 0.4) is 0 Å². The van der Waals surface area contributed by atoms with Crippen LogP contribution in [0, 0.1) is 6.92 Å². The molecule has 6 unspecified atom stereocenters. The standard InChI is InChI=1S/C30H38O14.C6H12O4/c1-14-3-4-16(11-19(14)32)6-8-22(34)44-28-21(13-41-30-26(38)24(36)23(35)15(2)42-30)43-29(27(39)25(28)37)40-10-9-17-5-7-18(31)20(33)12-17;1-3-5(8)6(9)4(7)2-10-3/h3-8,11-12,15,21,23-33,35-39H,9-10,13H2,1-2H3;3-9H,2H2,1H3/b8-6+;/t15?,21?,23-,24-,25+,26?,27?,28-,29-,30-;3?,4?,5-,6+/m10/s1. The van der Waals surface area contributed by atoms with Gasteiger partial charge in [0.05, 0.1) is 32.0 Å². The molecule has 0 amide bonds. The van der Waals surface area contributed by atoms with E-state index in [0.717, 1.165) is 6.08 Å². The van der Waals surface area contributed by atoms with Crippen LogP contribution in [0.2, 0.25) is 0 Å². The number of ether oxygens (including phenoxy) is 6. The SMILES string of the molecule is CC1OCC(O)[C@@H](O)[C@H]1O.Cc1ccc(/C=C/C(=O)O[C@@H]2C(CO[C@@H]3OC(C)[C@@H](O)[C@@H](O)C3O)O[C@@H](OCCc3ccc(O)c(O)c3)C(O)[C@@H]2O)cc1O. The van der Waals surface area contributed by atoms with Crippen molar-refractivity contribution in [2.45, 2.75) is 113 Å². The van der Waals surface area contributed by atoms with E-state index in [0.29, 0.717) is 16.7 Å². The number of benzene rings is 2. The third-order valence-electron chi connectivity index (χ3n) is 9.24. The second-order valence-electron chi connectivity index (χ2n) is 13.4. The van der Waals surface area contributed by atoms with E-state index < -0.39 is 98.4 Å². The van der Waals surface area contributed by atoms with Crippen molar-refractivity contribution in [3.05, 3.63) is 59.2 Å². The number of hydrogen-bond donors (Lipinski definition) is 11. The molecule has 3 aliphatic rings. The van der Waals surface area contributed by atoms with Crippen molar-refractivity contribution < 1.29 is 89.4 Å². The van der Waals surface area contributed by atoms with E-state index in [1.54, 1.807) is 32.0 Å². The van der Waals surface area contributed by atoms with Crippen molar-refractivity contribution in [2.24, 2.45) is 0 Å². The average molecular weight is 771 g/mol. The number of aromatic hydroxyl groups is 3. The summed E-state index contributed by atoms with van der Waals surface area (Å²) in [6, 6.07) is 8.98. The van der Waals surface area contributed by atoms with Gasteiger partial charge in [-0.2, -0.15) is 0 Å². The van der Waals surface area contributed by atoms with Gasteiger partial charge in [-0.05, 0) is 68.2 Å². The van der Waals surface area contributed by atoms with E-state index in [9.17, 15) is 45.6 Å². The third kappa shape index (κ3) is 11.1. The molecule has 3 saturated heterocycles. The monoisotopic (exact) mass is 770 g/mol. The Morgan fingerprint density at radius 1 is 0.741 bits per heavy atom. The van der Waals surface area contributed by atoms with Crippen LogP contribution in [0.5, 0.6) is 17.2 Å². The number of carbonyl (C=O) groups excluding carboxylic acids is 1. The average Bonchev–Trinajstić information content (AvgIpc) is 3.14. The number of phenols is 3. The maximum absolute atomic E-state index is 12.7. The van der Waals surface area contributed by atoms with Crippen LogP contribution in [-0.2, 0) is 39.6 Å². The molecule has 11 N–H and O–H groups in total. The smallest absolute Gasteiger partial charge is 0.331 e. The zero-order valence-electron chi connectivity index (χ0n) is 29.8. The zero-order chi connectivity index (χ0) is 39.9. The van der Waals surface area contributed by atoms with Crippen LogP contribution >= 0.6 is 0 Å². The molecular weight excluding hydrogens is 720 g/mol. The topological polar surface area (TPSA) is 295 Å². The zero-order valence-corrected chi connectivity index (χ0v) is 29.8. The molecule has 0 saturated carbocycles. The summed E-state index contributed by atoms with van der Waals surface area (Å²) in [6.07, 6.45) is -15.2. The molecule has 5 rings (SSSR count). The van der Waals surface area contributed by atoms with Gasteiger partial charge in [0, 0.05) is 6.08 Å². The minimum absolute atomic E-state index is 0.0317. The molecule has 54 heavy (non-hydrogen) atoms. The summed E-state index contributed by atoms with van der Waals surface area (Å²) < 4.78 is 32.9. The molecule has 18 nitrogen and oxygen atoms in total. The summed E-state index contributed by atoms with van der Waals surface area (Å²) in [6.45, 7) is 4.41. The number of esters is 1. The number of carbonyl (C=O) groups is 1. The maximum atomic E-state index is 12.7. The first-order chi connectivity index (χ1) is 25.5. The van der Waals surface area contributed by atoms with E-state index in [1.807, 2.05) is 0 Å². The second kappa shape index (κ2) is 19.4. The Hall–Kier alpha value is -3.47. The van der Waals surface area contributed by atoms with Crippen LogP contribution in [-0.4, -0.2) is 168 Å². The van der Waals surface area contributed by atoms with Gasteiger partial charge in [0.1, 0.15) is 60.7 Å². The highest BCUT2D eigenvalue weighted by Gasteiger charge is 2.49. The van der Waals surface area contributed by atoms with Crippen molar-refractivity contribution in [3.63, 3.8) is 0 Å². The van der Waals surface area contributed by atoms with Crippen molar-refractivity contribution in [1.82, 2.24) is 0 Å². The van der Waals surface area contributed by atoms with Crippen molar-refractivity contribution >= 4 is 12.0 Å². The molecular formula is C36H50O18. The lowest BCUT2D eigenvalue weighted by Crippen LogP contribution is -2.62. The Morgan fingerprint density at radius 3 is 2.07 bits per heavy atom. The molecule has 2 aromatic rings. The fourth-order valence-corrected chi connectivity index (χ4v) is 5.70. The van der Waals surface area contributed by atoms with Gasteiger partial charge in [0.25, 0.3) is 0 Å². The molecule has 18 heteroatoms. The lowest BCUT2D eigenvalue weighted by Gasteiger charge is -2.43. The van der Waals surface area contributed by atoms with E-state index in [2.05, 4.69) is 0 Å². The second-order valence-corrected chi connectivity index (χ2v) is 13.4. The number of phenolic OH excluding ortho intramolecular Hbond substituents is 3. The summed E-state index contributed by atoms with van der Waals surface area (Å²) in [5, 5.41) is 108. The van der Waals surface area contributed by atoms with Crippen LogP contribution < -0.4 is 0 Å². The number of rotatable bonds is 10. The van der Waals surface area contributed by atoms with E-state index >= 15 is 0 Å². The highest BCUT2D eigenvalue weighted by Crippen LogP contribution is 2.29. The van der Waals surface area contributed by atoms with Gasteiger partial charge >= 0.3 is 5.97 Å². The van der Waals surface area contributed by atoms with Crippen molar-refractivity contribution in [3.8, 4) is 17.2 Å². The molecule has 2 aromatic carbocycles. The maximum Gasteiger partial charge on any atom is 0.331 e. The first kappa shape index (κ1) is 43.3. The summed E-state index contributed by atoms with van der Waals surface area (Å²) >= 11 is 0. The summed E-state index contributed by atoms with van der Waals surface area (Å²) in [5.41, 5.74) is 1.74. The number of aliphatic hydroxyl groups excluding tert-OH is 8. The number of aryl methyl sites for hydroxylation is 1. The van der Waals surface area contributed by atoms with Gasteiger partial charge in [0.15, 0.2) is 30.2 Å². The largest absolute Gasteiger partial charge is 0.508 e. The van der Waals surface area contributed by atoms with Gasteiger partial charge in [-0.25, -0.2) is 4.79 Å². The molecule has 0 bridgehead atoms. The molecule has 14 atom stereocenters. The summed E-state index contributed by atoms with van der Waals surface area (Å²) in [7, 11) is 0. The minimum atomic E-state index is -1.72. The van der Waals surface area contributed by atoms with Gasteiger partial charge in [-0.3, -0.25) is 0 Å². The lowest BCUT2D eigenvalue weighted by molar-refractivity contribution is -0.328. The summed E-state index contributed by atoms with van der Waals surface area (Å²) in [4.78, 5) is 12.7. The minimum Gasteiger partial charge on any atom is -0.508 e. The fourth-order valence-electron chi connectivity index (χ4n) is 5.70. The first-order valence-corrected chi connectivity index (χ1v) is 17.3. The lowest BCUT2D eigenvalue weighted by atomic mass is 9.98. The van der Waals surface area contributed by atoms with Crippen molar-refractivity contribution in [1.29, 1.82) is 0 Å². The van der Waals surface area contributed by atoms with Crippen LogP contribution in [0.1, 0.15) is 30.5 Å². The van der Waals surface area contributed by atoms with E-state index in [-0.39, 0.29) is 36.9 Å². The van der Waals surface area contributed by atoms with E-state index in [1.165, 1.54) is 31.2 Å². The van der Waals surface area contributed by atoms with Gasteiger partial charge in [0.2, 0.25) is 0 Å². The molecule has 0 spiro atoms. The fraction of sp³-hybridized carbons (Fsp3) is 0.583. The van der Waals surface area contributed by atoms with Gasteiger partial charge in [-0.1, -0.05) is 18.2 Å². The van der Waals surface area contributed by atoms with Gasteiger partial charge in [-0.15, -0.1) is 0 Å². The molecule has 3 aliphatic heterocycles. The number of aliphatic hydroxyl groups is 8. The molecule has 3 fully saturated rings. The predicted molar refractivity (Wildman–Crippen MR) is 184 cm³/mol. The molecule has 0 aliphatic carbocycles. The Bertz CT molecular complexity index is 1520. The Balaban J connectivity index is 0.000000562. The van der Waals surface area contributed by atoms with Crippen LogP contribution in [0.25, 0.3) is 6.08 Å². The van der Waals surface area contributed by atoms with Crippen molar-refractivity contribution in [2.75, 3.05) is 19.8 Å². The predicted octanol–water partition coefficient (Wildman–Crippen LogP) is -1.93. The van der Waals surface area contributed by atoms with Crippen LogP contribution in [0.15, 0.2) is 42.5 Å². The Labute approximate surface area is 310 Å². The van der Waals surface area contributed by atoms with Crippen LogP contribution in [0.4, 0.5) is 0 Å². The first-order valence-electron chi connectivity index (χ1n) is 17.3.